The Morgan fingerprint density at radius 2 is 1.56 bits per heavy atom. The Morgan fingerprint density at radius 1 is 0.930 bits per heavy atom. The molecule has 2 aromatic heterocycles. The number of carbonyl (C=O) groups is 1. The molecule has 0 unspecified atom stereocenters. The van der Waals surface area contributed by atoms with Gasteiger partial charge in [-0.15, -0.1) is 23.6 Å². The number of hydrogen-bond acceptors (Lipinski definition) is 5. The van der Waals surface area contributed by atoms with Gasteiger partial charge in [-0.3, -0.25) is 9.78 Å². The summed E-state index contributed by atoms with van der Waals surface area (Å²) in [5, 5.41) is 11.7. The maximum Gasteiger partial charge on any atom is 0.419 e. The first-order valence-corrected chi connectivity index (χ1v) is 15.0. The first-order valence-electron chi connectivity index (χ1n) is 14.2. The molecule has 0 aliphatic carbocycles. The average molecular weight is 784 g/mol. The Bertz CT molecular complexity index is 1690. The summed E-state index contributed by atoms with van der Waals surface area (Å²) < 4.78 is 42.7. The molecule has 229 valence electrons. The summed E-state index contributed by atoms with van der Waals surface area (Å²) in [5.41, 5.74) is -0.338. The average Bonchev–Trinajstić information content (AvgIpc) is 3.41. The minimum absolute atomic E-state index is 0. The Morgan fingerprint density at radius 3 is 2.19 bits per heavy atom. The molecule has 4 nitrogen and oxygen atoms in total. The molecule has 1 radical (unpaired) electrons. The summed E-state index contributed by atoms with van der Waals surface area (Å²) in [6, 6.07) is 19.2. The first-order chi connectivity index (χ1) is 20.1. The molecule has 0 amide bonds. The molecule has 0 aliphatic rings. The van der Waals surface area contributed by atoms with E-state index in [2.05, 4.69) is 16.0 Å². The number of benzene rings is 3. The van der Waals surface area contributed by atoms with Gasteiger partial charge in [0, 0.05) is 43.7 Å². The van der Waals surface area contributed by atoms with Crippen LogP contribution in [0, 0.1) is 17.9 Å². The maximum absolute atomic E-state index is 13.9. The summed E-state index contributed by atoms with van der Waals surface area (Å²) in [5.74, 6) is 0.547. The van der Waals surface area contributed by atoms with Gasteiger partial charge in [0.05, 0.1) is 16.8 Å². The monoisotopic (exact) mass is 784 g/mol. The second-order valence-electron chi connectivity index (χ2n) is 10.1. The van der Waals surface area contributed by atoms with Crippen molar-refractivity contribution in [2.75, 3.05) is 0 Å². The molecule has 0 aliphatic heterocycles. The van der Waals surface area contributed by atoms with E-state index in [9.17, 15) is 23.1 Å². The summed E-state index contributed by atoms with van der Waals surface area (Å²) in [6.07, 6.45) is 1.58. The van der Waals surface area contributed by atoms with E-state index < -0.39 is 11.7 Å². The molecule has 2 heterocycles. The third-order valence-corrected chi connectivity index (χ3v) is 8.65. The zero-order valence-electron chi connectivity index (χ0n) is 24.5. The van der Waals surface area contributed by atoms with E-state index in [1.807, 2.05) is 52.0 Å². The van der Waals surface area contributed by atoms with Crippen molar-refractivity contribution >= 4 is 48.9 Å². The van der Waals surface area contributed by atoms with Crippen LogP contribution in [0.15, 0.2) is 72.8 Å². The quantitative estimate of drug-likeness (QED) is 0.0737. The smallest absolute Gasteiger partial charge is 0.419 e. The largest absolute Gasteiger partial charge is 0.512 e. The number of aromatic nitrogens is 2. The van der Waals surface area contributed by atoms with Crippen LogP contribution in [0.25, 0.3) is 42.3 Å². The molecule has 0 atom stereocenters. The zero-order chi connectivity index (χ0) is 30.4. The van der Waals surface area contributed by atoms with Gasteiger partial charge in [-0.05, 0) is 51.4 Å². The molecule has 5 rings (SSSR count). The van der Waals surface area contributed by atoms with Gasteiger partial charge >= 0.3 is 6.18 Å². The molecule has 0 bridgehead atoms. The standard InChI is InChI=1S/C21H10F3N2S.C13H24O2.Ir/c22-21(23,24)18-14-7-3-1-5-12(14)9-15-19(25-11-26-20(15)18)17-10-13-6-2-4-8-16(13)27-17;1-5-10(6-2)12(14)9-13(15)11(7-3)8-4;/h1-9,11H;9-11,14H,5-8H2,1-4H3;/q-1;;/b;12-9-;. The number of carbonyl (C=O) groups excluding carboxylic acids is 1. The number of ketones is 1. The molecule has 43 heavy (non-hydrogen) atoms. The van der Waals surface area contributed by atoms with E-state index in [-0.39, 0.29) is 54.4 Å². The van der Waals surface area contributed by atoms with Crippen LogP contribution in [0.3, 0.4) is 0 Å². The number of aliphatic hydroxyl groups excluding tert-OH is 1. The predicted octanol–water partition coefficient (Wildman–Crippen LogP) is 10.4. The number of rotatable bonds is 8. The Balaban J connectivity index is 0.000000274. The molecule has 1 N–H and O–H groups in total. The normalized spacial score (nSPS) is 12.1. The molecule has 5 aromatic rings. The van der Waals surface area contributed by atoms with Crippen LogP contribution in [-0.2, 0) is 31.1 Å². The summed E-state index contributed by atoms with van der Waals surface area (Å²) in [6.45, 7) is 8.07. The van der Waals surface area contributed by atoms with Crippen LogP contribution in [0.5, 0.6) is 0 Å². The van der Waals surface area contributed by atoms with Crippen molar-refractivity contribution in [1.29, 1.82) is 0 Å². The molecule has 3 aromatic carbocycles. The molecule has 0 saturated carbocycles. The van der Waals surface area contributed by atoms with Crippen molar-refractivity contribution in [1.82, 2.24) is 9.97 Å². The van der Waals surface area contributed by atoms with E-state index >= 15 is 0 Å². The fraction of sp³-hybridized carbons (Fsp3) is 0.324. The molecular formula is C34H34F3IrN2O2S-. The van der Waals surface area contributed by atoms with Gasteiger partial charge < -0.3 is 5.11 Å². The van der Waals surface area contributed by atoms with E-state index in [0.29, 0.717) is 21.3 Å². The van der Waals surface area contributed by atoms with Crippen molar-refractivity contribution in [3.8, 4) is 10.6 Å². The van der Waals surface area contributed by atoms with Crippen molar-refractivity contribution in [2.24, 2.45) is 11.8 Å². The van der Waals surface area contributed by atoms with Crippen LogP contribution < -0.4 is 0 Å². The number of thiophene rings is 1. The van der Waals surface area contributed by atoms with Gasteiger partial charge in [0.15, 0.2) is 5.78 Å². The van der Waals surface area contributed by atoms with Gasteiger partial charge in [-0.1, -0.05) is 70.2 Å². The van der Waals surface area contributed by atoms with Gasteiger partial charge in [0.25, 0.3) is 0 Å². The number of allylic oxidation sites excluding steroid dienone is 2. The summed E-state index contributed by atoms with van der Waals surface area (Å²) >= 11 is 1.46. The van der Waals surface area contributed by atoms with Crippen molar-refractivity contribution in [3.05, 3.63) is 84.4 Å². The molecule has 0 saturated heterocycles. The fourth-order valence-corrected chi connectivity index (χ4v) is 6.15. The van der Waals surface area contributed by atoms with Gasteiger partial charge in [0.1, 0.15) is 6.33 Å². The van der Waals surface area contributed by atoms with Gasteiger partial charge in [-0.2, -0.15) is 13.2 Å². The second kappa shape index (κ2) is 15.0. The van der Waals surface area contributed by atoms with Crippen LogP contribution in [-0.4, -0.2) is 20.9 Å². The van der Waals surface area contributed by atoms with Gasteiger partial charge in [0.2, 0.25) is 0 Å². The van der Waals surface area contributed by atoms with Crippen LogP contribution in [0.4, 0.5) is 13.2 Å². The van der Waals surface area contributed by atoms with E-state index in [4.69, 9.17) is 0 Å². The van der Waals surface area contributed by atoms with Crippen LogP contribution in [0.2, 0.25) is 0 Å². The van der Waals surface area contributed by atoms with E-state index in [1.54, 1.807) is 24.3 Å². The minimum atomic E-state index is -4.52. The van der Waals surface area contributed by atoms with Crippen molar-refractivity contribution < 1.29 is 43.2 Å². The number of nitrogens with zero attached hydrogens (tertiary/aromatic N) is 2. The topological polar surface area (TPSA) is 63.1 Å². The summed E-state index contributed by atoms with van der Waals surface area (Å²) in [7, 11) is 0. The third-order valence-electron chi connectivity index (χ3n) is 7.58. The van der Waals surface area contributed by atoms with Crippen molar-refractivity contribution in [2.45, 2.75) is 59.6 Å². The number of hydrogen-bond donors (Lipinski definition) is 1. The van der Waals surface area contributed by atoms with E-state index in [1.165, 1.54) is 29.8 Å². The van der Waals surface area contributed by atoms with Crippen LogP contribution in [0.1, 0.15) is 58.9 Å². The molecule has 0 spiro atoms. The minimum Gasteiger partial charge on any atom is -0.512 e. The fourth-order valence-electron chi connectivity index (χ4n) is 5.14. The number of aliphatic hydroxyl groups is 1. The maximum atomic E-state index is 13.9. The Labute approximate surface area is 267 Å². The van der Waals surface area contributed by atoms with Crippen molar-refractivity contribution in [3.63, 3.8) is 0 Å². The SMILES string of the molecule is CCC(CC)C(=O)/C=C(\O)C(CC)CC.FC(F)(F)c1c2ccccc2cc2c(-c3[c-]c4ccccc4s3)ncnc12.[Ir]. The molecule has 0 fully saturated rings. The number of fused-ring (bicyclic) bond motifs is 3. The Hall–Kier alpha value is -3.13. The third kappa shape index (κ3) is 7.69. The molecule has 9 heteroatoms. The zero-order valence-corrected chi connectivity index (χ0v) is 27.7. The molecular weight excluding hydrogens is 750 g/mol. The Kier molecular flexibility index (Phi) is 12.0. The predicted molar refractivity (Wildman–Crippen MR) is 166 cm³/mol. The van der Waals surface area contributed by atoms with Crippen LogP contribution >= 0.6 is 11.3 Å². The van der Waals surface area contributed by atoms with E-state index in [0.717, 1.165) is 35.8 Å². The van der Waals surface area contributed by atoms with Gasteiger partial charge in [-0.25, -0.2) is 16.3 Å². The second-order valence-corrected chi connectivity index (χ2v) is 11.2. The first kappa shape index (κ1) is 34.4. The summed E-state index contributed by atoms with van der Waals surface area (Å²) in [4.78, 5) is 20.7. The number of halogens is 3. The number of alkyl halides is 3.